The highest BCUT2D eigenvalue weighted by Gasteiger charge is 2.54. The fraction of sp³-hybridized carbons (Fsp3) is 0.656. The highest BCUT2D eigenvalue weighted by atomic mass is 19.3. The van der Waals surface area contributed by atoms with Gasteiger partial charge in [0, 0.05) is 75.2 Å². The number of ether oxygens (including phenoxy) is 2. The summed E-state index contributed by atoms with van der Waals surface area (Å²) in [5, 5.41) is 0. The molecule has 0 aromatic carbocycles. The van der Waals surface area contributed by atoms with Crippen molar-refractivity contribution in [3.05, 3.63) is 41.8 Å². The predicted molar refractivity (Wildman–Crippen MR) is 164 cm³/mol. The molecule has 2 N–H and O–H groups in total. The molecule has 1 aromatic heterocycles. The van der Waals surface area contributed by atoms with Gasteiger partial charge < -0.3 is 29.9 Å². The molecule has 238 valence electrons. The van der Waals surface area contributed by atoms with Gasteiger partial charge >= 0.3 is 0 Å². The van der Waals surface area contributed by atoms with E-state index < -0.39 is 12.0 Å². The summed E-state index contributed by atoms with van der Waals surface area (Å²) in [4.78, 5) is 30.4. The maximum atomic E-state index is 14.6. The summed E-state index contributed by atoms with van der Waals surface area (Å²) >= 11 is 0. The molecule has 4 saturated heterocycles. The number of piperazine rings is 1. The van der Waals surface area contributed by atoms with Crippen molar-refractivity contribution < 1.29 is 23.0 Å². The van der Waals surface area contributed by atoms with E-state index in [0.29, 0.717) is 82.6 Å². The van der Waals surface area contributed by atoms with Gasteiger partial charge in [-0.25, -0.2) is 13.8 Å². The Morgan fingerprint density at radius 2 is 1.91 bits per heavy atom. The van der Waals surface area contributed by atoms with E-state index in [4.69, 9.17) is 20.2 Å². The average molecular weight is 612 g/mol. The zero-order valence-corrected chi connectivity index (χ0v) is 25.5. The average Bonchev–Trinajstić information content (AvgIpc) is 3.15. The molecule has 2 atom stereocenters. The SMILES string of the molecule is C=CC(=O)N1CCN(C2CN3c4cc(N5CCC6(CC5)OC5(CN=C6/C(C)=C\N)COC5)nc(C(F)F)c4CCCC23)CC1. The van der Waals surface area contributed by atoms with Crippen molar-refractivity contribution in [1.29, 1.82) is 0 Å². The first-order valence-electron chi connectivity index (χ1n) is 16.0. The Morgan fingerprint density at radius 1 is 1.16 bits per heavy atom. The number of piperidine rings is 1. The number of hydrogen-bond acceptors (Lipinski definition) is 9. The summed E-state index contributed by atoms with van der Waals surface area (Å²) in [6.45, 7) is 12.2. The normalized spacial score (nSPS) is 28.1. The highest BCUT2D eigenvalue weighted by molar-refractivity contribution is 6.06. The van der Waals surface area contributed by atoms with Gasteiger partial charge in [0.05, 0.1) is 25.5 Å². The van der Waals surface area contributed by atoms with Gasteiger partial charge in [0.1, 0.15) is 22.7 Å². The second kappa shape index (κ2) is 11.4. The summed E-state index contributed by atoms with van der Waals surface area (Å²) in [5.74, 6) is 0.587. The molecule has 1 amide bonds. The first-order valence-corrected chi connectivity index (χ1v) is 16.0. The number of amides is 1. The Kier molecular flexibility index (Phi) is 7.65. The zero-order chi connectivity index (χ0) is 30.6. The van der Waals surface area contributed by atoms with Crippen molar-refractivity contribution in [2.75, 3.05) is 75.4 Å². The molecule has 12 heteroatoms. The van der Waals surface area contributed by atoms with Crippen LogP contribution < -0.4 is 15.5 Å². The van der Waals surface area contributed by atoms with E-state index in [1.165, 1.54) is 6.08 Å². The van der Waals surface area contributed by atoms with E-state index >= 15 is 0 Å². The molecule has 44 heavy (non-hydrogen) atoms. The van der Waals surface area contributed by atoms with Crippen LogP contribution in [-0.2, 0) is 20.7 Å². The van der Waals surface area contributed by atoms with E-state index in [1.807, 2.05) is 11.8 Å². The Bertz CT molecular complexity index is 1360. The fourth-order valence-corrected chi connectivity index (χ4v) is 8.16. The molecule has 6 aliphatic heterocycles. The van der Waals surface area contributed by atoms with E-state index in [1.54, 1.807) is 6.20 Å². The molecule has 6 aliphatic rings. The van der Waals surface area contributed by atoms with Crippen LogP contribution >= 0.6 is 0 Å². The van der Waals surface area contributed by atoms with Crippen LogP contribution in [0.15, 0.2) is 35.5 Å². The molecule has 2 spiro atoms. The summed E-state index contributed by atoms with van der Waals surface area (Å²) in [6.07, 6.45) is 4.07. The van der Waals surface area contributed by atoms with Crippen molar-refractivity contribution in [3.63, 3.8) is 0 Å². The van der Waals surface area contributed by atoms with E-state index in [0.717, 1.165) is 49.4 Å². The van der Waals surface area contributed by atoms with Gasteiger partial charge in [-0.2, -0.15) is 0 Å². The molecular formula is C32H43F2N7O3. The van der Waals surface area contributed by atoms with Crippen molar-refractivity contribution in [2.45, 2.75) is 68.7 Å². The summed E-state index contributed by atoms with van der Waals surface area (Å²) in [6, 6.07) is 2.67. The lowest BCUT2D eigenvalue weighted by molar-refractivity contribution is -0.247. The van der Waals surface area contributed by atoms with Gasteiger partial charge in [0.15, 0.2) is 0 Å². The summed E-state index contributed by atoms with van der Waals surface area (Å²) < 4.78 is 41.4. The molecule has 0 saturated carbocycles. The van der Waals surface area contributed by atoms with Gasteiger partial charge in [0.2, 0.25) is 5.91 Å². The van der Waals surface area contributed by atoms with E-state index in [-0.39, 0.29) is 23.2 Å². The monoisotopic (exact) mass is 611 g/mol. The lowest BCUT2D eigenvalue weighted by Crippen LogP contribution is -2.69. The molecule has 0 radical (unpaired) electrons. The van der Waals surface area contributed by atoms with E-state index in [2.05, 4.69) is 32.3 Å². The number of aliphatic imine (C=N–C) groups is 1. The number of alkyl halides is 2. The van der Waals surface area contributed by atoms with Crippen molar-refractivity contribution in [1.82, 2.24) is 14.8 Å². The van der Waals surface area contributed by atoms with Crippen LogP contribution in [0.3, 0.4) is 0 Å². The molecule has 4 fully saturated rings. The molecule has 2 unspecified atom stereocenters. The van der Waals surface area contributed by atoms with Gasteiger partial charge in [-0.1, -0.05) is 6.58 Å². The minimum Gasteiger partial charge on any atom is -0.404 e. The van der Waals surface area contributed by atoms with Gasteiger partial charge in [0.25, 0.3) is 6.43 Å². The molecule has 0 bridgehead atoms. The van der Waals surface area contributed by atoms with E-state index in [9.17, 15) is 13.6 Å². The van der Waals surface area contributed by atoms with Gasteiger partial charge in [-0.15, -0.1) is 0 Å². The number of aromatic nitrogens is 1. The van der Waals surface area contributed by atoms with Crippen LogP contribution in [0.5, 0.6) is 0 Å². The minimum atomic E-state index is -2.64. The second-order valence-electron chi connectivity index (χ2n) is 13.2. The Morgan fingerprint density at radius 3 is 2.55 bits per heavy atom. The first-order chi connectivity index (χ1) is 21.3. The predicted octanol–water partition coefficient (Wildman–Crippen LogP) is 2.68. The number of nitrogens with two attached hydrogens (primary N) is 1. The summed E-state index contributed by atoms with van der Waals surface area (Å²) in [7, 11) is 0. The Balaban J connectivity index is 1.11. The summed E-state index contributed by atoms with van der Waals surface area (Å²) in [5.41, 5.74) is 8.28. The Hall–Kier alpha value is -3.09. The minimum absolute atomic E-state index is 0.0208. The molecule has 1 aromatic rings. The largest absolute Gasteiger partial charge is 0.404 e. The maximum Gasteiger partial charge on any atom is 0.280 e. The number of carbonyl (C=O) groups is 1. The number of carbonyl (C=O) groups excluding carboxylic acids is 1. The van der Waals surface area contributed by atoms with Crippen LogP contribution in [0.25, 0.3) is 0 Å². The molecule has 10 nitrogen and oxygen atoms in total. The fourth-order valence-electron chi connectivity index (χ4n) is 8.16. The standard InChI is InChI=1S/C32H43F2N7O3/c1-3-27(42)40-13-11-38(12-14-40)25-17-41-23(25)6-4-5-22-24(41)15-26(37-28(22)30(33)34)39-9-7-32(8-10-39)29(21(2)16-35)36-18-31(44-32)19-43-20-31/h3,15-16,23,25,30H,1,4-14,17-20,35H2,2H3/b21-16-. The van der Waals surface area contributed by atoms with Crippen LogP contribution in [0.1, 0.15) is 50.3 Å². The number of anilines is 2. The first kappa shape index (κ1) is 29.6. The van der Waals surface area contributed by atoms with Crippen molar-refractivity contribution >= 4 is 23.1 Å². The van der Waals surface area contributed by atoms with Crippen LogP contribution in [0.2, 0.25) is 0 Å². The third kappa shape index (κ3) is 4.89. The number of nitrogens with zero attached hydrogens (tertiary/aromatic N) is 6. The molecular weight excluding hydrogens is 568 g/mol. The third-order valence-electron chi connectivity index (χ3n) is 10.7. The number of pyridine rings is 1. The number of halogens is 2. The smallest absolute Gasteiger partial charge is 0.280 e. The highest BCUT2D eigenvalue weighted by Crippen LogP contribution is 2.45. The van der Waals surface area contributed by atoms with Crippen LogP contribution in [0.4, 0.5) is 20.3 Å². The van der Waals surface area contributed by atoms with Crippen LogP contribution in [-0.4, -0.2) is 115 Å². The van der Waals surface area contributed by atoms with Gasteiger partial charge in [-0.3, -0.25) is 14.7 Å². The topological polar surface area (TPSA) is 99.8 Å². The van der Waals surface area contributed by atoms with Crippen LogP contribution in [0, 0.1) is 0 Å². The Labute approximate surface area is 257 Å². The number of hydrogen-bond donors (Lipinski definition) is 1. The lowest BCUT2D eigenvalue weighted by atomic mass is 9.80. The molecule has 7 heterocycles. The molecule has 7 rings (SSSR count). The quantitative estimate of drug-likeness (QED) is 0.508. The van der Waals surface area contributed by atoms with Gasteiger partial charge in [-0.05, 0) is 56.9 Å². The second-order valence-corrected chi connectivity index (χ2v) is 13.2. The zero-order valence-electron chi connectivity index (χ0n) is 25.5. The van der Waals surface area contributed by atoms with Crippen molar-refractivity contribution in [3.8, 4) is 0 Å². The lowest BCUT2D eigenvalue weighted by Gasteiger charge is -2.55. The molecule has 0 aliphatic carbocycles. The number of fused-ring (bicyclic) bond motifs is 3. The maximum absolute atomic E-state index is 14.6. The number of rotatable bonds is 5. The van der Waals surface area contributed by atoms with Crippen molar-refractivity contribution in [2.24, 2.45) is 10.7 Å². The third-order valence-corrected chi connectivity index (χ3v) is 10.7.